The van der Waals surface area contributed by atoms with Crippen molar-refractivity contribution in [2.45, 2.75) is 20.3 Å². The first-order chi connectivity index (χ1) is 9.08. The number of ether oxygens (including phenoxy) is 1. The molecule has 5 heteroatoms. The Morgan fingerprint density at radius 1 is 1.47 bits per heavy atom. The number of rotatable bonds is 3. The fourth-order valence-corrected chi connectivity index (χ4v) is 3.50. The summed E-state index contributed by atoms with van der Waals surface area (Å²) in [5.41, 5.74) is 1.09. The van der Waals surface area contributed by atoms with Gasteiger partial charge in [0.05, 0.1) is 17.9 Å². The Morgan fingerprint density at radius 3 is 2.84 bits per heavy atom. The molecule has 2 unspecified atom stereocenters. The molecule has 1 aliphatic heterocycles. The van der Waals surface area contributed by atoms with Crippen molar-refractivity contribution in [2.24, 2.45) is 11.8 Å². The van der Waals surface area contributed by atoms with Crippen LogP contribution in [0.4, 0.5) is 0 Å². The van der Waals surface area contributed by atoms with Gasteiger partial charge in [-0.25, -0.2) is 0 Å². The monoisotopic (exact) mass is 281 g/mol. The van der Waals surface area contributed by atoms with E-state index in [2.05, 4.69) is 0 Å². The lowest BCUT2D eigenvalue weighted by molar-refractivity contribution is -0.145. The van der Waals surface area contributed by atoms with Crippen LogP contribution in [0.1, 0.15) is 29.1 Å². The molecule has 1 fully saturated rings. The summed E-state index contributed by atoms with van der Waals surface area (Å²) in [6.45, 7) is 5.13. The quantitative estimate of drug-likeness (QED) is 0.798. The molecule has 0 saturated carbocycles. The summed E-state index contributed by atoms with van der Waals surface area (Å²) >= 11 is 1.48. The zero-order chi connectivity index (χ0) is 14.0. The fraction of sp³-hybridized carbons (Fsp3) is 0.571. The van der Waals surface area contributed by atoms with Gasteiger partial charge in [-0.15, -0.1) is 11.3 Å². The van der Waals surface area contributed by atoms with Crippen LogP contribution in [0.3, 0.4) is 0 Å². The van der Waals surface area contributed by atoms with E-state index in [1.165, 1.54) is 18.4 Å². The Bertz CT molecular complexity index is 483. The van der Waals surface area contributed by atoms with E-state index >= 15 is 0 Å². The molecule has 2 rings (SSSR count). The second kappa shape index (κ2) is 5.74. The number of hydrogen-bond donors (Lipinski definition) is 0. The highest BCUT2D eigenvalue weighted by atomic mass is 32.1. The van der Waals surface area contributed by atoms with Gasteiger partial charge >= 0.3 is 5.97 Å². The Balaban J connectivity index is 2.12. The standard InChI is InChI=1S/C14H19NO3S/c1-4-10-5-6-19-12(10)13(16)15-7-9(2)11(8-15)14(17)18-3/h5-6,9,11H,4,7-8H2,1-3H3. The molecule has 104 valence electrons. The topological polar surface area (TPSA) is 46.6 Å². The van der Waals surface area contributed by atoms with Gasteiger partial charge in [0, 0.05) is 13.1 Å². The zero-order valence-electron chi connectivity index (χ0n) is 11.5. The molecule has 2 heterocycles. The van der Waals surface area contributed by atoms with E-state index in [1.54, 1.807) is 4.90 Å². The van der Waals surface area contributed by atoms with Crippen molar-refractivity contribution < 1.29 is 14.3 Å². The third-order valence-corrected chi connectivity index (χ3v) is 4.67. The smallest absolute Gasteiger partial charge is 0.310 e. The largest absolute Gasteiger partial charge is 0.469 e. The van der Waals surface area contributed by atoms with Crippen LogP contribution in [-0.4, -0.2) is 37.0 Å². The van der Waals surface area contributed by atoms with Crippen LogP contribution in [0, 0.1) is 11.8 Å². The summed E-state index contributed by atoms with van der Waals surface area (Å²) in [5.74, 6) is -0.213. The predicted molar refractivity (Wildman–Crippen MR) is 74.3 cm³/mol. The second-order valence-electron chi connectivity index (χ2n) is 4.95. The average molecular weight is 281 g/mol. The van der Waals surface area contributed by atoms with Crippen molar-refractivity contribution in [1.29, 1.82) is 0 Å². The van der Waals surface area contributed by atoms with Crippen molar-refractivity contribution in [1.82, 2.24) is 4.90 Å². The van der Waals surface area contributed by atoms with Gasteiger partial charge in [-0.05, 0) is 29.3 Å². The molecule has 1 amide bonds. The first kappa shape index (κ1) is 14.1. The van der Waals surface area contributed by atoms with Crippen molar-refractivity contribution in [3.05, 3.63) is 21.9 Å². The minimum atomic E-state index is -0.218. The van der Waals surface area contributed by atoms with Gasteiger partial charge in [-0.2, -0.15) is 0 Å². The van der Waals surface area contributed by atoms with E-state index in [0.29, 0.717) is 13.1 Å². The third kappa shape index (κ3) is 2.66. The number of nitrogens with zero attached hydrogens (tertiary/aromatic N) is 1. The molecule has 1 saturated heterocycles. The van der Waals surface area contributed by atoms with Crippen molar-refractivity contribution in [3.8, 4) is 0 Å². The molecule has 1 aromatic heterocycles. The lowest BCUT2D eigenvalue weighted by Gasteiger charge is -2.15. The van der Waals surface area contributed by atoms with E-state index in [1.807, 2.05) is 25.3 Å². The number of amides is 1. The number of carbonyl (C=O) groups excluding carboxylic acids is 2. The zero-order valence-corrected chi connectivity index (χ0v) is 12.3. The molecule has 0 N–H and O–H groups in total. The molecular formula is C14H19NO3S. The van der Waals surface area contributed by atoms with Crippen LogP contribution < -0.4 is 0 Å². The Hall–Kier alpha value is -1.36. The first-order valence-electron chi connectivity index (χ1n) is 6.52. The van der Waals surface area contributed by atoms with Gasteiger partial charge in [0.1, 0.15) is 0 Å². The maximum absolute atomic E-state index is 12.5. The SMILES string of the molecule is CCc1ccsc1C(=O)N1CC(C)C(C(=O)OC)C1. The molecule has 1 aromatic rings. The Kier molecular flexibility index (Phi) is 4.24. The lowest BCUT2D eigenvalue weighted by Crippen LogP contribution is -2.30. The summed E-state index contributed by atoms with van der Waals surface area (Å²) < 4.78 is 4.79. The van der Waals surface area contributed by atoms with Gasteiger partial charge in [-0.3, -0.25) is 9.59 Å². The molecular weight excluding hydrogens is 262 g/mol. The lowest BCUT2D eigenvalue weighted by atomic mass is 9.99. The highest BCUT2D eigenvalue weighted by Crippen LogP contribution is 2.28. The van der Waals surface area contributed by atoms with E-state index in [0.717, 1.165) is 16.9 Å². The maximum Gasteiger partial charge on any atom is 0.310 e. The summed E-state index contributed by atoms with van der Waals surface area (Å²) in [4.78, 5) is 26.7. The highest BCUT2D eigenvalue weighted by molar-refractivity contribution is 7.12. The van der Waals surface area contributed by atoms with E-state index in [4.69, 9.17) is 4.74 Å². The van der Waals surface area contributed by atoms with Crippen LogP contribution in [0.5, 0.6) is 0 Å². The van der Waals surface area contributed by atoms with Crippen LogP contribution >= 0.6 is 11.3 Å². The maximum atomic E-state index is 12.5. The number of hydrogen-bond acceptors (Lipinski definition) is 4. The number of likely N-dealkylation sites (tertiary alicyclic amines) is 1. The molecule has 4 nitrogen and oxygen atoms in total. The molecule has 1 aliphatic rings. The minimum absolute atomic E-state index is 0.0464. The van der Waals surface area contributed by atoms with Gasteiger partial charge in [-0.1, -0.05) is 13.8 Å². The van der Waals surface area contributed by atoms with Gasteiger partial charge < -0.3 is 9.64 Å². The van der Waals surface area contributed by atoms with Gasteiger partial charge in [0.25, 0.3) is 5.91 Å². The predicted octanol–water partition coefficient (Wildman–Crippen LogP) is 2.19. The van der Waals surface area contributed by atoms with Crippen molar-refractivity contribution in [2.75, 3.05) is 20.2 Å². The van der Waals surface area contributed by atoms with Crippen LogP contribution in [0.15, 0.2) is 11.4 Å². The van der Waals surface area contributed by atoms with Gasteiger partial charge in [0.15, 0.2) is 0 Å². The van der Waals surface area contributed by atoms with E-state index in [-0.39, 0.29) is 23.7 Å². The van der Waals surface area contributed by atoms with Crippen molar-refractivity contribution in [3.63, 3.8) is 0 Å². The summed E-state index contributed by atoms with van der Waals surface area (Å²) in [6.07, 6.45) is 0.856. The fourth-order valence-electron chi connectivity index (χ4n) is 2.54. The van der Waals surface area contributed by atoms with Crippen molar-refractivity contribution >= 4 is 23.2 Å². The number of aryl methyl sites for hydroxylation is 1. The Labute approximate surface area is 117 Å². The normalized spacial score (nSPS) is 22.6. The third-order valence-electron chi connectivity index (χ3n) is 3.73. The van der Waals surface area contributed by atoms with Crippen LogP contribution in [0.25, 0.3) is 0 Å². The molecule has 0 aromatic carbocycles. The number of thiophene rings is 1. The second-order valence-corrected chi connectivity index (χ2v) is 5.86. The molecule has 2 atom stereocenters. The number of methoxy groups -OCH3 is 1. The average Bonchev–Trinajstić information content (AvgIpc) is 3.03. The van der Waals surface area contributed by atoms with Crippen LogP contribution in [-0.2, 0) is 16.0 Å². The Morgan fingerprint density at radius 2 is 2.21 bits per heavy atom. The summed E-state index contributed by atoms with van der Waals surface area (Å²) in [5, 5.41) is 1.95. The molecule has 0 aliphatic carbocycles. The molecule has 0 bridgehead atoms. The van der Waals surface area contributed by atoms with Crippen LogP contribution in [0.2, 0.25) is 0 Å². The molecule has 0 radical (unpaired) electrons. The summed E-state index contributed by atoms with van der Waals surface area (Å²) in [7, 11) is 1.40. The minimum Gasteiger partial charge on any atom is -0.469 e. The van der Waals surface area contributed by atoms with E-state index < -0.39 is 0 Å². The van der Waals surface area contributed by atoms with Gasteiger partial charge in [0.2, 0.25) is 0 Å². The number of esters is 1. The summed E-state index contributed by atoms with van der Waals surface area (Å²) in [6, 6.07) is 2.00. The highest BCUT2D eigenvalue weighted by Gasteiger charge is 2.38. The first-order valence-corrected chi connectivity index (χ1v) is 7.39. The molecule has 19 heavy (non-hydrogen) atoms. The van der Waals surface area contributed by atoms with E-state index in [9.17, 15) is 9.59 Å². The molecule has 0 spiro atoms. The number of carbonyl (C=O) groups is 2.